The van der Waals surface area contributed by atoms with E-state index in [1.54, 1.807) is 35.3 Å². The normalized spacial score (nSPS) is 14.0. The third-order valence-electron chi connectivity index (χ3n) is 21.3. The van der Waals surface area contributed by atoms with Gasteiger partial charge in [0.25, 0.3) is 0 Å². The van der Waals surface area contributed by atoms with Crippen molar-refractivity contribution in [2.45, 2.75) is 230 Å². The molecule has 0 unspecified atom stereocenters. The average Bonchev–Trinajstić information content (AvgIpc) is 1.66. The highest BCUT2D eigenvalue weighted by molar-refractivity contribution is 8.04. The monoisotopic (exact) mass is 1580 g/mol. The number of nitrogens with zero attached hydrogens (tertiary/aromatic N) is 7. The molecule has 0 spiro atoms. The maximum Gasteiger partial charge on any atom is 0.220 e. The number of carbonyl (C=O) groups excluding carboxylic acids is 6. The minimum Gasteiger partial charge on any atom is -0.356 e. The second kappa shape index (κ2) is 46.7. The van der Waals surface area contributed by atoms with Gasteiger partial charge in [-0.3, -0.25) is 33.7 Å². The van der Waals surface area contributed by atoms with Crippen molar-refractivity contribution in [3.05, 3.63) is 175 Å². The number of amides is 6. The zero-order valence-corrected chi connectivity index (χ0v) is 70.8. The van der Waals surface area contributed by atoms with Crippen molar-refractivity contribution in [3.63, 3.8) is 0 Å². The third-order valence-corrected chi connectivity index (χ3v) is 24.8. The van der Waals surface area contributed by atoms with Crippen molar-refractivity contribution >= 4 is 106 Å². The number of aryl methyl sites for hydroxylation is 6. The first kappa shape index (κ1) is 87.5. The van der Waals surface area contributed by atoms with Crippen LogP contribution in [-0.2, 0) is 48.4 Å². The molecular formula is C90H126N13O6S3+3. The molecule has 9 rings (SSSR count). The largest absolute Gasteiger partial charge is 0.356 e. The van der Waals surface area contributed by atoms with Crippen LogP contribution >= 0.6 is 35.3 Å². The smallest absolute Gasteiger partial charge is 0.220 e. The number of benzene rings is 3. The highest BCUT2D eigenvalue weighted by Gasteiger charge is 2.26. The van der Waals surface area contributed by atoms with E-state index in [0.717, 1.165) is 135 Å². The summed E-state index contributed by atoms with van der Waals surface area (Å²) in [6, 6.07) is 39.1. The van der Waals surface area contributed by atoms with Crippen LogP contribution in [0.25, 0.3) is 18.2 Å². The lowest BCUT2D eigenvalue weighted by molar-refractivity contribution is -0.709. The second-order valence-corrected chi connectivity index (χ2v) is 33.5. The molecule has 3 aromatic carbocycles. The highest BCUT2D eigenvalue weighted by atomic mass is 32.2. The van der Waals surface area contributed by atoms with Crippen molar-refractivity contribution in [2.24, 2.45) is 0 Å². The lowest BCUT2D eigenvalue weighted by Crippen LogP contribution is -2.43. The van der Waals surface area contributed by atoms with Gasteiger partial charge in [0.15, 0.2) is 34.2 Å². The zero-order valence-electron chi connectivity index (χ0n) is 68.4. The number of carbonyl (C=O) groups is 6. The fourth-order valence-electron chi connectivity index (χ4n) is 14.9. The molecule has 0 saturated heterocycles. The SMILES string of the molecule is Cc1cc(C=C2Sc3ccccc3N2C)cc(C)[n+]1CCCCCC(=O)NCCCCCC(=O)NCCN(CCNC(=O)CCCCCNC(=O)CCCCC[n+]1c(C)cc(C=C2Sc3ccccc3N2C)cc1C)CCNC(=O)CCCCCNC(=O)CCCCC[n+]1c(C)cc(C=C2Sc3ccccc3N2C)cc1C. The lowest BCUT2D eigenvalue weighted by Gasteiger charge is -2.23. The van der Waals surface area contributed by atoms with Crippen LogP contribution in [0.15, 0.2) is 139 Å². The third kappa shape index (κ3) is 28.6. The maximum atomic E-state index is 13.0. The Bertz CT molecular complexity index is 3750. The summed E-state index contributed by atoms with van der Waals surface area (Å²) in [4.78, 5) is 89.9. The Hall–Kier alpha value is -8.44. The molecule has 0 saturated carbocycles. The summed E-state index contributed by atoms with van der Waals surface area (Å²) in [6.07, 6.45) is 25.1. The van der Waals surface area contributed by atoms with E-state index >= 15 is 0 Å². The van der Waals surface area contributed by atoms with Gasteiger partial charge >= 0.3 is 0 Å². The Morgan fingerprint density at radius 2 is 0.536 bits per heavy atom. The molecule has 22 heteroatoms. The fraction of sp³-hybridized carbons (Fsp3) is 0.500. The lowest BCUT2D eigenvalue weighted by atomic mass is 10.1. The number of pyridine rings is 3. The van der Waals surface area contributed by atoms with Gasteiger partial charge in [-0.05, 0) is 148 Å². The maximum absolute atomic E-state index is 13.0. The number of hydrogen-bond donors (Lipinski definition) is 6. The van der Waals surface area contributed by atoms with Gasteiger partial charge in [0.2, 0.25) is 35.4 Å². The highest BCUT2D eigenvalue weighted by Crippen LogP contribution is 2.48. The van der Waals surface area contributed by atoms with E-state index in [2.05, 4.69) is 255 Å². The van der Waals surface area contributed by atoms with Crippen molar-refractivity contribution in [3.8, 4) is 0 Å². The van der Waals surface area contributed by atoms with E-state index in [1.807, 2.05) is 0 Å². The standard InChI is InChI=1S/C90H123N13O6S3/c1-67-58-73(64-88-97(7)76-34-22-25-37-79(76)110-88)59-68(2)101(67)52-31-13-19-43-82(104)91-46-28-10-16-40-85(107)94-49-55-100(56-50-95-86(108)41-17-11-29-47-92-83(105)44-20-14-32-53-102-69(3)60-74(61-70(102)4)65-89-98(8)77-35-23-26-38-80(77)111-89)57-51-96-87(109)42-18-12-30-48-93-84(106)45-21-15-33-54-103-71(5)62-75(63-72(103)6)66-90-99(9)78-36-24-27-39-81(78)112-90/h22-27,34-39,58-66H,10-21,28-33,40-57H2,1-9H3,(H3-3,91,92,93,94,95,96,104,105,106,107,108,109)/p+3. The summed E-state index contributed by atoms with van der Waals surface area (Å²) in [6.45, 7) is 20.5. The summed E-state index contributed by atoms with van der Waals surface area (Å²) in [5.41, 5.74) is 14.7. The van der Waals surface area contributed by atoms with E-state index in [9.17, 15) is 28.8 Å². The Morgan fingerprint density at radius 1 is 0.312 bits per heavy atom. The minimum absolute atomic E-state index is 0.0218. The Labute approximate surface area is 680 Å². The van der Waals surface area contributed by atoms with Crippen molar-refractivity contribution in [1.29, 1.82) is 0 Å². The number of anilines is 3. The molecule has 6 aromatic rings. The molecule has 3 aliphatic heterocycles. The number of fused-ring (bicyclic) bond motifs is 3. The Morgan fingerprint density at radius 3 is 0.777 bits per heavy atom. The van der Waals surface area contributed by atoms with Crippen molar-refractivity contribution in [1.82, 2.24) is 36.8 Å². The molecule has 0 atom stereocenters. The topological polar surface area (TPSA) is 199 Å². The van der Waals surface area contributed by atoms with E-state index in [1.165, 1.54) is 97.7 Å². The second-order valence-electron chi connectivity index (χ2n) is 30.3. The summed E-state index contributed by atoms with van der Waals surface area (Å²) in [5.74, 6) is 0.163. The van der Waals surface area contributed by atoms with Crippen LogP contribution < -0.4 is 60.3 Å². The predicted octanol–water partition coefficient (Wildman–Crippen LogP) is 14.8. The van der Waals surface area contributed by atoms with Gasteiger partial charge in [0, 0.05) is 230 Å². The van der Waals surface area contributed by atoms with Gasteiger partial charge < -0.3 is 46.6 Å². The average molecular weight is 1580 g/mol. The van der Waals surface area contributed by atoms with Crippen LogP contribution in [-0.4, -0.2) is 120 Å². The van der Waals surface area contributed by atoms with Gasteiger partial charge in [-0.2, -0.15) is 0 Å². The summed E-state index contributed by atoms with van der Waals surface area (Å²) in [5, 5.41) is 22.1. The van der Waals surface area contributed by atoms with Crippen LogP contribution in [0.3, 0.4) is 0 Å². The molecule has 3 aliphatic rings. The molecular weight excluding hydrogens is 1460 g/mol. The number of rotatable bonds is 48. The first-order chi connectivity index (χ1) is 54.3. The van der Waals surface area contributed by atoms with Gasteiger partial charge in [0.05, 0.1) is 32.1 Å². The van der Waals surface area contributed by atoms with Crippen LogP contribution in [0.1, 0.15) is 205 Å². The number of aromatic nitrogens is 3. The van der Waals surface area contributed by atoms with Crippen molar-refractivity contribution in [2.75, 3.05) is 94.7 Å². The quantitative estimate of drug-likeness (QED) is 0.0156. The van der Waals surface area contributed by atoms with Gasteiger partial charge in [-0.1, -0.05) is 90.9 Å². The van der Waals surface area contributed by atoms with Crippen LogP contribution in [0, 0.1) is 41.5 Å². The molecule has 19 nitrogen and oxygen atoms in total. The molecule has 6 N–H and O–H groups in total. The first-order valence-corrected chi connectivity index (χ1v) is 43.7. The molecule has 112 heavy (non-hydrogen) atoms. The molecule has 0 fully saturated rings. The molecule has 602 valence electrons. The molecule has 3 aromatic heterocycles. The van der Waals surface area contributed by atoms with Crippen LogP contribution in [0.2, 0.25) is 0 Å². The fourth-order valence-corrected chi connectivity index (χ4v) is 18.3. The van der Waals surface area contributed by atoms with E-state index < -0.39 is 0 Å². The van der Waals surface area contributed by atoms with Crippen LogP contribution in [0.4, 0.5) is 17.1 Å². The molecule has 6 amide bonds. The predicted molar refractivity (Wildman–Crippen MR) is 460 cm³/mol. The van der Waals surface area contributed by atoms with Crippen LogP contribution in [0.5, 0.6) is 0 Å². The molecule has 0 bridgehead atoms. The van der Waals surface area contributed by atoms with Gasteiger partial charge in [0.1, 0.15) is 19.6 Å². The number of thioether (sulfide) groups is 3. The minimum atomic E-state index is -0.0218. The number of nitrogens with one attached hydrogen (secondary N) is 6. The van der Waals surface area contributed by atoms with Gasteiger partial charge in [-0.25, -0.2) is 13.7 Å². The number of unbranched alkanes of at least 4 members (excludes halogenated alkanes) is 12. The number of para-hydroxylation sites is 3. The summed E-state index contributed by atoms with van der Waals surface area (Å²) in [7, 11) is 6.37. The Kier molecular flexibility index (Phi) is 36.5. The van der Waals surface area contributed by atoms with E-state index in [0.29, 0.717) is 97.4 Å². The number of hydrogen-bond acceptors (Lipinski definition) is 13. The van der Waals surface area contributed by atoms with Crippen molar-refractivity contribution < 1.29 is 42.5 Å². The van der Waals surface area contributed by atoms with Gasteiger partial charge in [-0.15, -0.1) is 0 Å². The molecule has 6 heterocycles. The molecule has 0 radical (unpaired) electrons. The zero-order chi connectivity index (χ0) is 79.6. The summed E-state index contributed by atoms with van der Waals surface area (Å²) >= 11 is 5.42. The first-order valence-electron chi connectivity index (χ1n) is 41.3. The van der Waals surface area contributed by atoms with E-state index in [-0.39, 0.29) is 35.4 Å². The summed E-state index contributed by atoms with van der Waals surface area (Å²) < 4.78 is 7.11. The van der Waals surface area contributed by atoms with E-state index in [4.69, 9.17) is 0 Å². The molecule has 0 aliphatic carbocycles. The Balaban J connectivity index is 0.602.